The maximum atomic E-state index is 14.5. The number of carbonyl (C=O) groups excluding carboxylic acids is 1. The van der Waals surface area contributed by atoms with Crippen molar-refractivity contribution in [1.29, 1.82) is 0 Å². The fourth-order valence-electron chi connectivity index (χ4n) is 5.73. The zero-order valence-electron chi connectivity index (χ0n) is 24.1. The van der Waals surface area contributed by atoms with Crippen LogP contribution in [-0.2, 0) is 13.0 Å². The number of rotatable bonds is 9. The number of amides is 1. The van der Waals surface area contributed by atoms with Crippen LogP contribution in [0.15, 0.2) is 72.8 Å². The molecule has 2 aliphatic carbocycles. The Morgan fingerprint density at radius 2 is 1.49 bits per heavy atom. The molecule has 45 heavy (non-hydrogen) atoms. The van der Waals surface area contributed by atoms with E-state index >= 15 is 0 Å². The van der Waals surface area contributed by atoms with Gasteiger partial charge in [0.15, 0.2) is 17.2 Å². The van der Waals surface area contributed by atoms with Crippen LogP contribution in [0.25, 0.3) is 0 Å². The van der Waals surface area contributed by atoms with E-state index in [4.69, 9.17) is 19.3 Å². The maximum absolute atomic E-state index is 14.5. The average Bonchev–Trinajstić information content (AvgIpc) is 3.00. The Kier molecular flexibility index (Phi) is 9.51. The van der Waals surface area contributed by atoms with Crippen molar-refractivity contribution in [3.63, 3.8) is 0 Å². The first kappa shape index (κ1) is 30.9. The maximum Gasteiger partial charge on any atom is 0.511 e. The van der Waals surface area contributed by atoms with E-state index in [2.05, 4.69) is 10.8 Å². The van der Waals surface area contributed by atoms with Crippen LogP contribution in [0.1, 0.15) is 65.2 Å². The van der Waals surface area contributed by atoms with Crippen molar-refractivity contribution < 1.29 is 53.4 Å². The van der Waals surface area contributed by atoms with E-state index in [0.29, 0.717) is 12.2 Å². The first-order chi connectivity index (χ1) is 21.7. The number of carbonyl (C=O) groups is 4. The molecule has 0 saturated heterocycles. The SMILES string of the molecule is O=C(O)Oc1cc(OC(=O)O)c(C(=O)N(Cc2cccc(OC3C=CCCC3)c2)[C@H]2CCCc3ccccc32)cc1OC(=O)O. The highest BCUT2D eigenvalue weighted by Crippen LogP contribution is 2.40. The molecule has 0 radical (unpaired) electrons. The summed E-state index contributed by atoms with van der Waals surface area (Å²) in [7, 11) is 0. The molecule has 0 aromatic heterocycles. The highest BCUT2D eigenvalue weighted by Gasteiger charge is 2.33. The fraction of sp³-hybridized carbons (Fsp3) is 0.273. The van der Waals surface area contributed by atoms with E-state index in [-0.39, 0.29) is 18.2 Å². The topological polar surface area (TPSA) is 169 Å². The van der Waals surface area contributed by atoms with Crippen LogP contribution < -0.4 is 18.9 Å². The minimum absolute atomic E-state index is 0.0631. The summed E-state index contributed by atoms with van der Waals surface area (Å²) < 4.78 is 20.4. The molecule has 234 valence electrons. The summed E-state index contributed by atoms with van der Waals surface area (Å²) in [6.07, 6.45) is 3.76. The summed E-state index contributed by atoms with van der Waals surface area (Å²) in [5, 5.41) is 27.8. The number of ether oxygens (including phenoxy) is 4. The minimum atomic E-state index is -1.82. The third-order valence-electron chi connectivity index (χ3n) is 7.59. The Labute approximate surface area is 258 Å². The van der Waals surface area contributed by atoms with Crippen molar-refractivity contribution in [2.45, 2.75) is 57.2 Å². The molecule has 2 atom stereocenters. The van der Waals surface area contributed by atoms with Gasteiger partial charge in [-0.3, -0.25) is 4.79 Å². The van der Waals surface area contributed by atoms with Gasteiger partial charge in [0.25, 0.3) is 5.91 Å². The van der Waals surface area contributed by atoms with E-state index in [1.807, 2.05) is 54.6 Å². The van der Waals surface area contributed by atoms with Crippen molar-refractivity contribution in [2.24, 2.45) is 0 Å². The molecular formula is C33H31NO11. The van der Waals surface area contributed by atoms with Crippen LogP contribution in [0.3, 0.4) is 0 Å². The molecule has 2 aliphatic rings. The third-order valence-corrected chi connectivity index (χ3v) is 7.59. The van der Waals surface area contributed by atoms with Crippen LogP contribution in [0.2, 0.25) is 0 Å². The summed E-state index contributed by atoms with van der Waals surface area (Å²) in [6, 6.07) is 16.3. The zero-order valence-corrected chi connectivity index (χ0v) is 24.1. The summed E-state index contributed by atoms with van der Waals surface area (Å²) in [5.74, 6) is -1.94. The lowest BCUT2D eigenvalue weighted by Crippen LogP contribution is -2.36. The molecule has 0 fully saturated rings. The van der Waals surface area contributed by atoms with E-state index in [1.165, 1.54) is 0 Å². The molecule has 12 nitrogen and oxygen atoms in total. The third kappa shape index (κ3) is 7.71. The van der Waals surface area contributed by atoms with Crippen LogP contribution in [0.5, 0.6) is 23.0 Å². The predicted octanol–water partition coefficient (Wildman–Crippen LogP) is 7.06. The smallest absolute Gasteiger partial charge is 0.486 e. The first-order valence-electron chi connectivity index (χ1n) is 14.4. The molecule has 1 unspecified atom stereocenters. The monoisotopic (exact) mass is 617 g/mol. The van der Waals surface area contributed by atoms with Gasteiger partial charge in [0.2, 0.25) is 0 Å². The number of allylic oxidation sites excluding steroid dienone is 1. The van der Waals surface area contributed by atoms with Gasteiger partial charge < -0.3 is 39.2 Å². The second-order valence-corrected chi connectivity index (χ2v) is 10.6. The molecule has 3 N–H and O–H groups in total. The lowest BCUT2D eigenvalue weighted by Gasteiger charge is -2.36. The molecule has 0 spiro atoms. The van der Waals surface area contributed by atoms with Crippen molar-refractivity contribution in [2.75, 3.05) is 0 Å². The van der Waals surface area contributed by atoms with Crippen molar-refractivity contribution in [3.8, 4) is 23.0 Å². The number of hydrogen-bond donors (Lipinski definition) is 3. The Balaban J connectivity index is 1.58. The number of nitrogens with zero attached hydrogens (tertiary/aromatic N) is 1. The summed E-state index contributed by atoms with van der Waals surface area (Å²) in [6.45, 7) is 0.0740. The van der Waals surface area contributed by atoms with Crippen molar-refractivity contribution >= 4 is 24.4 Å². The number of benzene rings is 3. The van der Waals surface area contributed by atoms with Gasteiger partial charge in [-0.1, -0.05) is 42.5 Å². The molecule has 0 bridgehead atoms. The van der Waals surface area contributed by atoms with Gasteiger partial charge in [-0.2, -0.15) is 0 Å². The van der Waals surface area contributed by atoms with Crippen molar-refractivity contribution in [3.05, 3.63) is 95.1 Å². The predicted molar refractivity (Wildman–Crippen MR) is 158 cm³/mol. The standard InChI is InChI=1S/C33H31NO11/c35-30(25-17-28(44-32(38)39)29(45-33(40)41)18-27(25)43-31(36)37)34(26-15-7-10-21-9-4-5-14-24(21)26)19-20-8-6-13-23(16-20)42-22-11-2-1-3-12-22/h2,4-6,8-9,11,13-14,16-18,22,26H,1,3,7,10,12,15,19H2,(H,36,37)(H,38,39)(H,40,41)/t22?,26-/m0/s1. The van der Waals surface area contributed by atoms with Gasteiger partial charge in [-0.25, -0.2) is 14.4 Å². The van der Waals surface area contributed by atoms with Crippen molar-refractivity contribution in [1.82, 2.24) is 4.90 Å². The molecule has 3 aromatic rings. The molecule has 3 aromatic carbocycles. The lowest BCUT2D eigenvalue weighted by atomic mass is 9.86. The van der Waals surface area contributed by atoms with Gasteiger partial charge in [-0.15, -0.1) is 0 Å². The van der Waals surface area contributed by atoms with Gasteiger partial charge in [-0.05, 0) is 73.4 Å². The highest BCUT2D eigenvalue weighted by molar-refractivity contribution is 5.99. The quantitative estimate of drug-likeness (QED) is 0.128. The Bertz CT molecular complexity index is 1630. The zero-order chi connectivity index (χ0) is 31.9. The molecule has 1 amide bonds. The van der Waals surface area contributed by atoms with E-state index < -0.39 is 47.7 Å². The molecule has 5 rings (SSSR count). The van der Waals surface area contributed by atoms with E-state index in [0.717, 1.165) is 60.9 Å². The van der Waals surface area contributed by atoms with Crippen LogP contribution in [0.4, 0.5) is 14.4 Å². The second kappa shape index (κ2) is 13.8. The molecule has 12 heteroatoms. The summed E-state index contributed by atoms with van der Waals surface area (Å²) in [5.41, 5.74) is 2.35. The van der Waals surface area contributed by atoms with Crippen LogP contribution in [0, 0.1) is 0 Å². The minimum Gasteiger partial charge on any atom is -0.486 e. The fourth-order valence-corrected chi connectivity index (χ4v) is 5.73. The van der Waals surface area contributed by atoms with Crippen LogP contribution >= 0.6 is 0 Å². The molecule has 0 aliphatic heterocycles. The first-order valence-corrected chi connectivity index (χ1v) is 14.4. The van der Waals surface area contributed by atoms with E-state index in [9.17, 15) is 29.4 Å². The van der Waals surface area contributed by atoms with Crippen LogP contribution in [-0.4, -0.2) is 50.7 Å². The number of carboxylic acid groups (broad SMARTS) is 3. The van der Waals surface area contributed by atoms with Gasteiger partial charge in [0.1, 0.15) is 11.9 Å². The van der Waals surface area contributed by atoms with Gasteiger partial charge >= 0.3 is 18.5 Å². The number of hydrogen-bond acceptors (Lipinski definition) is 8. The molecule has 0 saturated carbocycles. The number of fused-ring (bicyclic) bond motifs is 1. The number of aryl methyl sites for hydroxylation is 1. The molecular weight excluding hydrogens is 586 g/mol. The average molecular weight is 618 g/mol. The largest absolute Gasteiger partial charge is 0.511 e. The van der Waals surface area contributed by atoms with Gasteiger partial charge in [0.05, 0.1) is 11.6 Å². The normalized spacial score (nSPS) is 17.0. The summed E-state index contributed by atoms with van der Waals surface area (Å²) in [4.78, 5) is 50.4. The Hall–Kier alpha value is -5.52. The second-order valence-electron chi connectivity index (χ2n) is 10.6. The Morgan fingerprint density at radius 1 is 0.778 bits per heavy atom. The summed E-state index contributed by atoms with van der Waals surface area (Å²) >= 11 is 0. The lowest BCUT2D eigenvalue weighted by molar-refractivity contribution is 0.0632. The molecule has 0 heterocycles. The van der Waals surface area contributed by atoms with Gasteiger partial charge in [0, 0.05) is 18.7 Å². The van der Waals surface area contributed by atoms with E-state index in [1.54, 1.807) is 4.90 Å². The Morgan fingerprint density at radius 3 is 2.20 bits per heavy atom. The highest BCUT2D eigenvalue weighted by atomic mass is 16.7.